The molecule has 1 N–H and O–H groups in total. The molecule has 0 amide bonds. The molecule has 0 aliphatic heterocycles. The number of esters is 1. The monoisotopic (exact) mass is 277 g/mol. The molecule has 0 atom stereocenters. The average molecular weight is 277 g/mol. The molecule has 0 radical (unpaired) electrons. The number of carbonyl (C=O) groups excluding carboxylic acids is 1. The first-order chi connectivity index (χ1) is 9.63. The molecule has 0 saturated heterocycles. The summed E-state index contributed by atoms with van der Waals surface area (Å²) in [5.74, 6) is -0.612. The Morgan fingerprint density at radius 2 is 2.10 bits per heavy atom. The van der Waals surface area contributed by atoms with Crippen LogP contribution in [-0.4, -0.2) is 30.2 Å². The normalized spacial score (nSPS) is 9.95. The molecule has 2 rings (SSSR count). The second kappa shape index (κ2) is 5.96. The van der Waals surface area contributed by atoms with Crippen molar-refractivity contribution in [3.05, 3.63) is 42.1 Å². The topological polar surface area (TPSA) is 73.3 Å². The van der Waals surface area contributed by atoms with Gasteiger partial charge < -0.3 is 14.8 Å². The van der Waals surface area contributed by atoms with Crippen LogP contribution in [0.1, 0.15) is 10.5 Å². The van der Waals surface area contributed by atoms with Gasteiger partial charge >= 0.3 is 5.97 Å². The summed E-state index contributed by atoms with van der Waals surface area (Å²) in [6, 6.07) is 4.25. The Morgan fingerprint density at radius 3 is 2.80 bits per heavy atom. The van der Waals surface area contributed by atoms with Gasteiger partial charge in [-0.1, -0.05) is 0 Å². The number of ether oxygens (including phenoxy) is 2. The van der Waals surface area contributed by atoms with Gasteiger partial charge in [-0.15, -0.1) is 0 Å². The predicted molar refractivity (Wildman–Crippen MR) is 69.6 cm³/mol. The molecular formula is C13H12FN3O3. The first-order valence-corrected chi connectivity index (χ1v) is 5.65. The zero-order valence-corrected chi connectivity index (χ0v) is 10.9. The highest BCUT2D eigenvalue weighted by Crippen LogP contribution is 2.23. The van der Waals surface area contributed by atoms with Gasteiger partial charge in [0.15, 0.2) is 17.3 Å². The maximum Gasteiger partial charge on any atom is 0.358 e. The summed E-state index contributed by atoms with van der Waals surface area (Å²) in [7, 11) is 2.63. The lowest BCUT2D eigenvalue weighted by molar-refractivity contribution is 0.0593. The molecule has 0 spiro atoms. The molecular weight excluding hydrogens is 265 g/mol. The fourth-order valence-corrected chi connectivity index (χ4v) is 1.51. The van der Waals surface area contributed by atoms with Crippen LogP contribution in [0.3, 0.4) is 0 Å². The Labute approximate surface area is 114 Å². The van der Waals surface area contributed by atoms with Crippen LogP contribution in [0, 0.1) is 5.82 Å². The second-order valence-corrected chi connectivity index (χ2v) is 3.76. The van der Waals surface area contributed by atoms with E-state index in [4.69, 9.17) is 4.74 Å². The van der Waals surface area contributed by atoms with E-state index in [9.17, 15) is 9.18 Å². The summed E-state index contributed by atoms with van der Waals surface area (Å²) in [6.07, 6.45) is 2.73. The Kier molecular flexibility index (Phi) is 4.09. The Morgan fingerprint density at radius 1 is 1.30 bits per heavy atom. The number of halogens is 1. The molecule has 1 aromatic heterocycles. The molecule has 6 nitrogen and oxygen atoms in total. The standard InChI is InChI=1S/C13H12FN3O3/c1-19-11-5-8(3-4-9(11)14)16-12-7-15-6-10(17-12)13(18)20-2/h3-7H,1-2H3,(H,16,17). The van der Waals surface area contributed by atoms with Crippen LogP contribution >= 0.6 is 0 Å². The molecule has 104 valence electrons. The van der Waals surface area contributed by atoms with E-state index in [0.717, 1.165) is 0 Å². The molecule has 20 heavy (non-hydrogen) atoms. The number of hydrogen-bond donors (Lipinski definition) is 1. The maximum absolute atomic E-state index is 13.3. The lowest BCUT2D eigenvalue weighted by atomic mass is 10.3. The number of carbonyl (C=O) groups is 1. The number of hydrogen-bond acceptors (Lipinski definition) is 6. The molecule has 0 fully saturated rings. The van der Waals surface area contributed by atoms with Crippen LogP contribution in [0.15, 0.2) is 30.6 Å². The van der Waals surface area contributed by atoms with Crippen molar-refractivity contribution < 1.29 is 18.7 Å². The third kappa shape index (κ3) is 3.00. The Bertz CT molecular complexity index is 634. The van der Waals surface area contributed by atoms with Crippen LogP contribution in [0.4, 0.5) is 15.9 Å². The van der Waals surface area contributed by atoms with Gasteiger partial charge in [-0.2, -0.15) is 0 Å². The highest BCUT2D eigenvalue weighted by molar-refractivity contribution is 5.87. The van der Waals surface area contributed by atoms with Crippen molar-refractivity contribution in [2.75, 3.05) is 19.5 Å². The number of anilines is 2. The summed E-state index contributed by atoms with van der Waals surface area (Å²) in [6.45, 7) is 0. The number of nitrogens with one attached hydrogen (secondary N) is 1. The molecule has 0 unspecified atom stereocenters. The molecule has 0 bridgehead atoms. The molecule has 7 heteroatoms. The lowest BCUT2D eigenvalue weighted by Crippen LogP contribution is -2.06. The zero-order chi connectivity index (χ0) is 14.5. The summed E-state index contributed by atoms with van der Waals surface area (Å²) < 4.78 is 22.7. The van der Waals surface area contributed by atoms with Gasteiger partial charge in [0, 0.05) is 11.8 Å². The smallest absolute Gasteiger partial charge is 0.358 e. The number of methoxy groups -OCH3 is 2. The first-order valence-electron chi connectivity index (χ1n) is 5.65. The minimum Gasteiger partial charge on any atom is -0.494 e. The van der Waals surface area contributed by atoms with Crippen LogP contribution in [-0.2, 0) is 4.74 Å². The van der Waals surface area contributed by atoms with Crippen molar-refractivity contribution in [3.8, 4) is 5.75 Å². The molecule has 0 saturated carbocycles. The van der Waals surface area contributed by atoms with Crippen molar-refractivity contribution in [3.63, 3.8) is 0 Å². The van der Waals surface area contributed by atoms with Crippen LogP contribution < -0.4 is 10.1 Å². The van der Waals surface area contributed by atoms with Crippen molar-refractivity contribution in [2.45, 2.75) is 0 Å². The fourth-order valence-electron chi connectivity index (χ4n) is 1.51. The Hall–Kier alpha value is -2.70. The van der Waals surface area contributed by atoms with Crippen LogP contribution in [0.2, 0.25) is 0 Å². The van der Waals surface area contributed by atoms with Crippen molar-refractivity contribution in [1.29, 1.82) is 0 Å². The van der Waals surface area contributed by atoms with E-state index in [0.29, 0.717) is 11.5 Å². The van der Waals surface area contributed by atoms with E-state index in [1.165, 1.54) is 44.8 Å². The van der Waals surface area contributed by atoms with Gasteiger partial charge in [0.25, 0.3) is 0 Å². The van der Waals surface area contributed by atoms with E-state index >= 15 is 0 Å². The molecule has 2 aromatic rings. The number of nitrogens with zero attached hydrogens (tertiary/aromatic N) is 2. The van der Waals surface area contributed by atoms with Gasteiger partial charge in [-0.3, -0.25) is 4.98 Å². The lowest BCUT2D eigenvalue weighted by Gasteiger charge is -2.08. The van der Waals surface area contributed by atoms with E-state index in [1.54, 1.807) is 0 Å². The van der Waals surface area contributed by atoms with Gasteiger partial charge in [0.2, 0.25) is 0 Å². The summed E-state index contributed by atoms with van der Waals surface area (Å²) in [5.41, 5.74) is 0.631. The highest BCUT2D eigenvalue weighted by Gasteiger charge is 2.09. The third-order valence-electron chi connectivity index (χ3n) is 2.45. The molecule has 0 aliphatic rings. The van der Waals surface area contributed by atoms with Gasteiger partial charge in [0.1, 0.15) is 5.82 Å². The SMILES string of the molecule is COC(=O)c1cncc(Nc2ccc(F)c(OC)c2)n1. The van der Waals surface area contributed by atoms with Crippen molar-refractivity contribution in [1.82, 2.24) is 9.97 Å². The van der Waals surface area contributed by atoms with Gasteiger partial charge in [-0.25, -0.2) is 14.2 Å². The highest BCUT2D eigenvalue weighted by atomic mass is 19.1. The molecule has 0 aliphatic carbocycles. The van der Waals surface area contributed by atoms with E-state index in [-0.39, 0.29) is 11.4 Å². The quantitative estimate of drug-likeness (QED) is 0.863. The van der Waals surface area contributed by atoms with Crippen molar-refractivity contribution >= 4 is 17.5 Å². The molecule has 1 heterocycles. The van der Waals surface area contributed by atoms with Crippen molar-refractivity contribution in [2.24, 2.45) is 0 Å². The second-order valence-electron chi connectivity index (χ2n) is 3.76. The average Bonchev–Trinajstić information content (AvgIpc) is 2.48. The predicted octanol–water partition coefficient (Wildman–Crippen LogP) is 2.15. The molecule has 1 aromatic carbocycles. The number of benzene rings is 1. The minimum atomic E-state index is -0.585. The maximum atomic E-state index is 13.3. The largest absolute Gasteiger partial charge is 0.494 e. The van der Waals surface area contributed by atoms with Gasteiger partial charge in [-0.05, 0) is 12.1 Å². The van der Waals surface area contributed by atoms with E-state index in [1.807, 2.05) is 0 Å². The summed E-state index contributed by atoms with van der Waals surface area (Å²) in [4.78, 5) is 19.3. The minimum absolute atomic E-state index is 0.0755. The van der Waals surface area contributed by atoms with E-state index in [2.05, 4.69) is 20.0 Å². The van der Waals surface area contributed by atoms with E-state index < -0.39 is 11.8 Å². The fraction of sp³-hybridized carbons (Fsp3) is 0.154. The van der Waals surface area contributed by atoms with Gasteiger partial charge in [0.05, 0.1) is 26.6 Å². The number of aromatic nitrogens is 2. The van der Waals surface area contributed by atoms with Crippen LogP contribution in [0.25, 0.3) is 0 Å². The Balaban J connectivity index is 2.24. The number of rotatable bonds is 4. The summed E-state index contributed by atoms with van der Waals surface area (Å²) >= 11 is 0. The third-order valence-corrected chi connectivity index (χ3v) is 2.45. The zero-order valence-electron chi connectivity index (χ0n) is 10.9. The van der Waals surface area contributed by atoms with Crippen LogP contribution in [0.5, 0.6) is 5.75 Å². The summed E-state index contributed by atoms with van der Waals surface area (Å²) in [5, 5.41) is 2.90. The first kappa shape index (κ1) is 13.7.